The van der Waals surface area contributed by atoms with Gasteiger partial charge in [0, 0.05) is 11.8 Å². The first-order chi connectivity index (χ1) is 10.3. The number of aromatic amines is 1. The van der Waals surface area contributed by atoms with Crippen LogP contribution < -0.4 is 17.0 Å². The molecule has 0 aliphatic carbocycles. The summed E-state index contributed by atoms with van der Waals surface area (Å²) in [5.41, 5.74) is 10.5. The first-order valence-corrected chi connectivity index (χ1v) is 6.90. The second kappa shape index (κ2) is 7.00. The van der Waals surface area contributed by atoms with E-state index in [-0.39, 0.29) is 5.82 Å². The van der Waals surface area contributed by atoms with Crippen LogP contribution in [-0.2, 0) is 10.3 Å². The molecule has 1 unspecified atom stereocenters. The molecule has 1 atom stereocenters. The van der Waals surface area contributed by atoms with Crippen molar-refractivity contribution in [3.8, 4) is 11.3 Å². The van der Waals surface area contributed by atoms with E-state index < -0.39 is 17.0 Å². The molecule has 118 valence electrons. The van der Waals surface area contributed by atoms with Crippen LogP contribution in [-0.4, -0.2) is 10.9 Å². The fraction of sp³-hybridized carbons (Fsp3) is 0.250. The second-order valence-corrected chi connectivity index (χ2v) is 4.72. The highest BCUT2D eigenvalue weighted by Gasteiger charge is 2.29. The molecule has 0 fully saturated rings. The lowest BCUT2D eigenvalue weighted by Crippen LogP contribution is -2.46. The van der Waals surface area contributed by atoms with Gasteiger partial charge in [0.15, 0.2) is 0 Å². The van der Waals surface area contributed by atoms with E-state index in [1.165, 1.54) is 37.3 Å². The molecule has 22 heavy (non-hydrogen) atoms. The SMILES string of the molecule is CC.CC(N)(C(N)=O)c1cc(-c2ccc(F)cc2)[nH]c(=O)c1. The van der Waals surface area contributed by atoms with Gasteiger partial charge in [-0.3, -0.25) is 9.59 Å². The average Bonchev–Trinajstić information content (AvgIpc) is 2.49. The Morgan fingerprint density at radius 1 is 1.18 bits per heavy atom. The molecule has 1 aromatic carbocycles. The number of pyridine rings is 1. The second-order valence-electron chi connectivity index (χ2n) is 4.72. The molecule has 0 bridgehead atoms. The zero-order valence-electron chi connectivity index (χ0n) is 12.8. The number of H-pyrrole nitrogens is 1. The summed E-state index contributed by atoms with van der Waals surface area (Å²) in [4.78, 5) is 25.7. The predicted octanol–water partition coefficient (Wildman–Crippen LogP) is 1.87. The Morgan fingerprint density at radius 3 is 2.23 bits per heavy atom. The van der Waals surface area contributed by atoms with Gasteiger partial charge in [0.25, 0.3) is 0 Å². The van der Waals surface area contributed by atoms with Crippen molar-refractivity contribution >= 4 is 5.91 Å². The van der Waals surface area contributed by atoms with Gasteiger partial charge in [-0.05, 0) is 48.4 Å². The predicted molar refractivity (Wildman–Crippen MR) is 84.5 cm³/mol. The van der Waals surface area contributed by atoms with Crippen LogP contribution in [0.25, 0.3) is 11.3 Å². The van der Waals surface area contributed by atoms with E-state index in [9.17, 15) is 14.0 Å². The number of nitrogens with two attached hydrogens (primary N) is 2. The first kappa shape index (κ1) is 17.6. The maximum absolute atomic E-state index is 12.9. The normalized spacial score (nSPS) is 12.8. The number of hydrogen-bond donors (Lipinski definition) is 3. The molecule has 0 saturated carbocycles. The smallest absolute Gasteiger partial charge is 0.248 e. The molecule has 5 N–H and O–H groups in total. The van der Waals surface area contributed by atoms with Crippen molar-refractivity contribution in [1.82, 2.24) is 4.98 Å². The highest BCUT2D eigenvalue weighted by atomic mass is 19.1. The van der Waals surface area contributed by atoms with Crippen molar-refractivity contribution in [2.24, 2.45) is 11.5 Å². The lowest BCUT2D eigenvalue weighted by molar-refractivity contribution is -0.122. The number of benzene rings is 1. The Kier molecular flexibility index (Phi) is 5.59. The summed E-state index contributed by atoms with van der Waals surface area (Å²) in [5, 5.41) is 0. The Morgan fingerprint density at radius 2 is 1.73 bits per heavy atom. The Balaban J connectivity index is 0.00000116. The summed E-state index contributed by atoms with van der Waals surface area (Å²) in [6.45, 7) is 5.43. The number of nitrogens with one attached hydrogen (secondary N) is 1. The molecule has 2 rings (SSSR count). The molecule has 0 aliphatic heterocycles. The molecule has 1 heterocycles. The van der Waals surface area contributed by atoms with Crippen LogP contribution in [0.4, 0.5) is 4.39 Å². The van der Waals surface area contributed by atoms with Gasteiger partial charge in [-0.15, -0.1) is 0 Å². The monoisotopic (exact) mass is 305 g/mol. The third-order valence-electron chi connectivity index (χ3n) is 3.11. The van der Waals surface area contributed by atoms with Crippen LogP contribution >= 0.6 is 0 Å². The number of hydrogen-bond acceptors (Lipinski definition) is 3. The molecule has 2 aromatic rings. The molecular weight excluding hydrogens is 285 g/mol. The zero-order chi connectivity index (χ0) is 16.9. The third-order valence-corrected chi connectivity index (χ3v) is 3.11. The van der Waals surface area contributed by atoms with Gasteiger partial charge in [0.2, 0.25) is 11.5 Å². The summed E-state index contributed by atoms with van der Waals surface area (Å²) in [6, 6.07) is 8.36. The quantitative estimate of drug-likeness (QED) is 0.806. The maximum atomic E-state index is 12.9. The molecule has 0 spiro atoms. The Labute approximate surface area is 128 Å². The van der Waals surface area contributed by atoms with E-state index in [2.05, 4.69) is 4.98 Å². The van der Waals surface area contributed by atoms with Crippen molar-refractivity contribution in [3.05, 3.63) is 58.1 Å². The lowest BCUT2D eigenvalue weighted by atomic mass is 9.92. The van der Waals surface area contributed by atoms with Gasteiger partial charge in [0.05, 0.1) is 0 Å². The van der Waals surface area contributed by atoms with Crippen molar-refractivity contribution in [1.29, 1.82) is 0 Å². The number of primary amides is 1. The Bertz CT molecular complexity index is 706. The molecular formula is C16H20FN3O2. The summed E-state index contributed by atoms with van der Waals surface area (Å²) in [7, 11) is 0. The van der Waals surface area contributed by atoms with Crippen LogP contribution in [0.15, 0.2) is 41.2 Å². The molecule has 6 heteroatoms. The van der Waals surface area contributed by atoms with E-state index in [0.717, 1.165) is 0 Å². The largest absolute Gasteiger partial charge is 0.368 e. The molecule has 5 nitrogen and oxygen atoms in total. The number of carbonyl (C=O) groups excluding carboxylic acids is 1. The van der Waals surface area contributed by atoms with E-state index in [1.807, 2.05) is 13.8 Å². The van der Waals surface area contributed by atoms with E-state index >= 15 is 0 Å². The van der Waals surface area contributed by atoms with E-state index in [4.69, 9.17) is 11.5 Å². The van der Waals surface area contributed by atoms with Crippen LogP contribution in [0.3, 0.4) is 0 Å². The highest BCUT2D eigenvalue weighted by molar-refractivity contribution is 5.85. The molecule has 1 amide bonds. The van der Waals surface area contributed by atoms with Crippen molar-refractivity contribution < 1.29 is 9.18 Å². The van der Waals surface area contributed by atoms with Crippen LogP contribution in [0.1, 0.15) is 26.3 Å². The fourth-order valence-electron chi connectivity index (χ4n) is 1.77. The number of amides is 1. The zero-order valence-corrected chi connectivity index (χ0v) is 12.8. The van der Waals surface area contributed by atoms with E-state index in [0.29, 0.717) is 16.8 Å². The summed E-state index contributed by atoms with van der Waals surface area (Å²) in [6.07, 6.45) is 0. The van der Waals surface area contributed by atoms with Gasteiger partial charge >= 0.3 is 0 Å². The van der Waals surface area contributed by atoms with Crippen molar-refractivity contribution in [2.45, 2.75) is 26.3 Å². The van der Waals surface area contributed by atoms with Gasteiger partial charge in [-0.2, -0.15) is 0 Å². The number of aromatic nitrogens is 1. The first-order valence-electron chi connectivity index (χ1n) is 6.90. The van der Waals surface area contributed by atoms with E-state index in [1.54, 1.807) is 6.07 Å². The highest BCUT2D eigenvalue weighted by Crippen LogP contribution is 2.22. The molecule has 0 radical (unpaired) electrons. The minimum absolute atomic E-state index is 0.299. The summed E-state index contributed by atoms with van der Waals surface area (Å²) >= 11 is 0. The van der Waals surface area contributed by atoms with Crippen LogP contribution in [0.2, 0.25) is 0 Å². The lowest BCUT2D eigenvalue weighted by Gasteiger charge is -2.21. The van der Waals surface area contributed by atoms with Gasteiger partial charge in [-0.1, -0.05) is 13.8 Å². The topological polar surface area (TPSA) is 102 Å². The van der Waals surface area contributed by atoms with Gasteiger partial charge in [-0.25, -0.2) is 4.39 Å². The minimum atomic E-state index is -1.46. The number of halogens is 1. The molecule has 1 aromatic heterocycles. The van der Waals surface area contributed by atoms with Crippen molar-refractivity contribution in [2.75, 3.05) is 0 Å². The van der Waals surface area contributed by atoms with Crippen molar-refractivity contribution in [3.63, 3.8) is 0 Å². The Hall–Kier alpha value is -2.47. The fourth-order valence-corrected chi connectivity index (χ4v) is 1.77. The van der Waals surface area contributed by atoms with Crippen LogP contribution in [0, 0.1) is 5.82 Å². The summed E-state index contributed by atoms with van der Waals surface area (Å²) < 4.78 is 12.9. The third kappa shape index (κ3) is 3.79. The van der Waals surface area contributed by atoms with Crippen LogP contribution in [0.5, 0.6) is 0 Å². The summed E-state index contributed by atoms with van der Waals surface area (Å²) in [5.74, 6) is -1.12. The standard InChI is InChI=1S/C14H14FN3O2.C2H6/c1-14(17,13(16)20)9-6-11(18-12(19)7-9)8-2-4-10(15)5-3-8;1-2/h2-7H,17H2,1H3,(H2,16,20)(H,18,19);1-2H3. The maximum Gasteiger partial charge on any atom is 0.248 e. The average molecular weight is 305 g/mol. The van der Waals surface area contributed by atoms with Gasteiger partial charge in [0.1, 0.15) is 11.4 Å². The molecule has 0 aliphatic rings. The number of rotatable bonds is 3. The molecule has 0 saturated heterocycles. The minimum Gasteiger partial charge on any atom is -0.368 e. The number of carbonyl (C=O) groups is 1. The van der Waals surface area contributed by atoms with Gasteiger partial charge < -0.3 is 16.5 Å².